The molecule has 2 aromatic carbocycles. The summed E-state index contributed by atoms with van der Waals surface area (Å²) >= 11 is 11.9. The zero-order chi connectivity index (χ0) is 15.2. The van der Waals surface area contributed by atoms with E-state index >= 15 is 0 Å². The highest BCUT2D eigenvalue weighted by molar-refractivity contribution is 6.42. The number of rotatable bonds is 3. The van der Waals surface area contributed by atoms with E-state index in [1.54, 1.807) is 12.1 Å². The lowest BCUT2D eigenvalue weighted by atomic mass is 10.0. The Bertz CT molecular complexity index is 764. The van der Waals surface area contributed by atoms with E-state index in [4.69, 9.17) is 33.7 Å². The largest absolute Gasteiger partial charge is 0.192 e. The van der Waals surface area contributed by atoms with E-state index in [1.165, 1.54) is 0 Å². The van der Waals surface area contributed by atoms with Crippen molar-refractivity contribution in [3.05, 3.63) is 74.8 Å². The summed E-state index contributed by atoms with van der Waals surface area (Å²) in [5.74, 6) is 0. The van der Waals surface area contributed by atoms with Crippen molar-refractivity contribution < 1.29 is 0 Å². The zero-order valence-corrected chi connectivity index (χ0v) is 12.5. The van der Waals surface area contributed by atoms with Crippen LogP contribution in [0.1, 0.15) is 16.7 Å². The number of hydrogen-bond donors (Lipinski definition) is 0. The number of benzene rings is 2. The molecule has 0 fully saturated rings. The first-order valence-corrected chi connectivity index (χ1v) is 6.92. The summed E-state index contributed by atoms with van der Waals surface area (Å²) in [6, 6.07) is 16.9. The van der Waals surface area contributed by atoms with Crippen LogP contribution in [0.5, 0.6) is 0 Å². The molecule has 21 heavy (non-hydrogen) atoms. The molecule has 0 heterocycles. The average Bonchev–Trinajstić information content (AvgIpc) is 2.49. The van der Waals surface area contributed by atoms with Gasteiger partial charge in [0.05, 0.1) is 10.0 Å². The summed E-state index contributed by atoms with van der Waals surface area (Å²) in [6.07, 6.45) is 2.27. The minimum Gasteiger partial charge on any atom is -0.192 e. The predicted molar refractivity (Wildman–Crippen MR) is 84.9 cm³/mol. The van der Waals surface area contributed by atoms with Crippen LogP contribution in [0.2, 0.25) is 10.0 Å². The Labute approximate surface area is 133 Å². The van der Waals surface area contributed by atoms with E-state index < -0.39 is 0 Å². The van der Waals surface area contributed by atoms with Gasteiger partial charge in [0.2, 0.25) is 0 Å². The Morgan fingerprint density at radius 2 is 1.67 bits per heavy atom. The van der Waals surface area contributed by atoms with E-state index in [0.717, 1.165) is 16.7 Å². The van der Waals surface area contributed by atoms with Crippen molar-refractivity contribution in [2.75, 3.05) is 0 Å². The lowest BCUT2D eigenvalue weighted by molar-refractivity contribution is 1.19. The lowest BCUT2D eigenvalue weighted by Crippen LogP contribution is -1.89. The fourth-order valence-corrected chi connectivity index (χ4v) is 2.26. The highest BCUT2D eigenvalue weighted by Crippen LogP contribution is 2.24. The van der Waals surface area contributed by atoms with Crippen LogP contribution >= 0.6 is 23.2 Å². The molecule has 102 valence electrons. The van der Waals surface area contributed by atoms with Crippen molar-refractivity contribution >= 4 is 29.3 Å². The van der Waals surface area contributed by atoms with Crippen LogP contribution in [0, 0.1) is 22.7 Å². The first-order chi connectivity index (χ1) is 10.1. The van der Waals surface area contributed by atoms with Gasteiger partial charge in [-0.3, -0.25) is 0 Å². The van der Waals surface area contributed by atoms with Crippen molar-refractivity contribution in [2.45, 2.75) is 6.42 Å². The zero-order valence-electron chi connectivity index (χ0n) is 11.0. The molecule has 2 nitrogen and oxygen atoms in total. The highest BCUT2D eigenvalue weighted by atomic mass is 35.5. The van der Waals surface area contributed by atoms with Crippen LogP contribution in [0.25, 0.3) is 6.08 Å². The van der Waals surface area contributed by atoms with Crippen molar-refractivity contribution in [2.24, 2.45) is 0 Å². The molecule has 0 N–H and O–H groups in total. The first-order valence-electron chi connectivity index (χ1n) is 6.17. The highest BCUT2D eigenvalue weighted by Gasteiger charge is 2.02. The summed E-state index contributed by atoms with van der Waals surface area (Å²) in [4.78, 5) is 0. The molecular weight excluding hydrogens is 303 g/mol. The number of hydrogen-bond acceptors (Lipinski definition) is 2. The van der Waals surface area contributed by atoms with Gasteiger partial charge in [-0.05, 0) is 41.3 Å². The summed E-state index contributed by atoms with van der Waals surface area (Å²) in [6.45, 7) is 0. The van der Waals surface area contributed by atoms with Crippen molar-refractivity contribution in [1.29, 1.82) is 10.5 Å². The van der Waals surface area contributed by atoms with Gasteiger partial charge in [0, 0.05) is 0 Å². The molecule has 0 aliphatic rings. The van der Waals surface area contributed by atoms with Gasteiger partial charge < -0.3 is 0 Å². The number of halogens is 2. The second-order valence-corrected chi connectivity index (χ2v) is 5.27. The van der Waals surface area contributed by atoms with Gasteiger partial charge in [-0.25, -0.2) is 0 Å². The van der Waals surface area contributed by atoms with Crippen molar-refractivity contribution in [1.82, 2.24) is 0 Å². The molecule has 0 unspecified atom stereocenters. The molecule has 0 atom stereocenters. The summed E-state index contributed by atoms with van der Waals surface area (Å²) in [5, 5.41) is 18.6. The van der Waals surface area contributed by atoms with Gasteiger partial charge >= 0.3 is 0 Å². The fourth-order valence-electron chi connectivity index (χ4n) is 1.93. The Hall–Kier alpha value is -2.26. The average molecular weight is 313 g/mol. The molecule has 0 bridgehead atoms. The van der Waals surface area contributed by atoms with Crippen molar-refractivity contribution in [3.8, 4) is 12.1 Å². The maximum Gasteiger partial charge on any atom is 0.130 e. The normalized spacial score (nSPS) is 9.52. The van der Waals surface area contributed by atoms with E-state index in [2.05, 4.69) is 0 Å². The molecule has 4 heteroatoms. The minimum atomic E-state index is 0.0849. The van der Waals surface area contributed by atoms with Crippen LogP contribution in [0.3, 0.4) is 0 Å². The monoisotopic (exact) mass is 312 g/mol. The van der Waals surface area contributed by atoms with Crippen LogP contribution in [0.15, 0.2) is 48.0 Å². The van der Waals surface area contributed by atoms with Gasteiger partial charge in [0.25, 0.3) is 0 Å². The fraction of sp³-hybridized carbons (Fsp3) is 0.0588. The van der Waals surface area contributed by atoms with Crippen molar-refractivity contribution in [3.63, 3.8) is 0 Å². The molecular formula is C17H10Cl2N2. The predicted octanol–water partition coefficient (Wildman–Crippen LogP) is 5.01. The van der Waals surface area contributed by atoms with Gasteiger partial charge in [0.15, 0.2) is 0 Å². The maximum absolute atomic E-state index is 8.78. The van der Waals surface area contributed by atoms with E-state index in [1.807, 2.05) is 48.5 Å². The Morgan fingerprint density at radius 1 is 0.952 bits per heavy atom. The second-order valence-electron chi connectivity index (χ2n) is 4.45. The third-order valence-electron chi connectivity index (χ3n) is 2.90. The quantitative estimate of drug-likeness (QED) is 0.747. The molecule has 0 saturated heterocycles. The maximum atomic E-state index is 8.78. The standard InChI is InChI=1S/C17H10Cl2N2/c18-16-5-4-14(9-17(16)19)7-12-2-1-3-13(6-12)8-15(10-20)11-21/h1-6,8-9H,7H2. The van der Waals surface area contributed by atoms with Crippen LogP contribution < -0.4 is 0 Å². The number of nitrogens with zero attached hydrogens (tertiary/aromatic N) is 2. The van der Waals surface area contributed by atoms with Crippen LogP contribution in [0.4, 0.5) is 0 Å². The molecule has 0 amide bonds. The molecule has 2 aromatic rings. The Morgan fingerprint density at radius 3 is 2.33 bits per heavy atom. The topological polar surface area (TPSA) is 47.6 Å². The Balaban J connectivity index is 2.26. The third kappa shape index (κ3) is 4.10. The van der Waals surface area contributed by atoms with Gasteiger partial charge in [0.1, 0.15) is 17.7 Å². The van der Waals surface area contributed by atoms with E-state index in [0.29, 0.717) is 16.5 Å². The smallest absolute Gasteiger partial charge is 0.130 e. The molecule has 0 radical (unpaired) electrons. The van der Waals surface area contributed by atoms with Gasteiger partial charge in [-0.15, -0.1) is 0 Å². The van der Waals surface area contributed by atoms with E-state index in [9.17, 15) is 0 Å². The van der Waals surface area contributed by atoms with Crippen LogP contribution in [-0.4, -0.2) is 0 Å². The lowest BCUT2D eigenvalue weighted by Gasteiger charge is -2.05. The first kappa shape index (κ1) is 15.1. The number of allylic oxidation sites excluding steroid dienone is 1. The van der Waals surface area contributed by atoms with Gasteiger partial charge in [-0.1, -0.05) is 53.5 Å². The number of nitriles is 2. The molecule has 0 aliphatic carbocycles. The van der Waals surface area contributed by atoms with E-state index in [-0.39, 0.29) is 5.57 Å². The minimum absolute atomic E-state index is 0.0849. The molecule has 0 spiro atoms. The molecule has 2 rings (SSSR count). The molecule has 0 aliphatic heterocycles. The molecule has 0 saturated carbocycles. The van der Waals surface area contributed by atoms with Gasteiger partial charge in [-0.2, -0.15) is 10.5 Å². The summed E-state index contributed by atoms with van der Waals surface area (Å²) in [5.41, 5.74) is 3.02. The molecule has 0 aromatic heterocycles. The SMILES string of the molecule is N#CC(C#N)=Cc1cccc(Cc2ccc(Cl)c(Cl)c2)c1. The second kappa shape index (κ2) is 6.95. The third-order valence-corrected chi connectivity index (χ3v) is 3.63. The Kier molecular flexibility index (Phi) is 5.01. The summed E-state index contributed by atoms with van der Waals surface area (Å²) in [7, 11) is 0. The summed E-state index contributed by atoms with van der Waals surface area (Å²) < 4.78 is 0. The van der Waals surface area contributed by atoms with Crippen LogP contribution in [-0.2, 0) is 6.42 Å².